The fraction of sp³-hybridized carbons (Fsp3) is 0.538. The van der Waals surface area contributed by atoms with Gasteiger partial charge in [-0.25, -0.2) is 0 Å². The van der Waals surface area contributed by atoms with Crippen molar-refractivity contribution in [2.45, 2.75) is 19.3 Å². The van der Waals surface area contributed by atoms with Gasteiger partial charge in [0.15, 0.2) is 0 Å². The standard InChI is InChI=1S/C13H19ClN2O/c14-12-5-4-11(15)10-13(12)17-9-3-8-16-6-1-2-7-16/h4-5,10H,1-3,6-9,15H2. The predicted octanol–water partition coefficient (Wildman–Crippen LogP) is 2.79. The maximum Gasteiger partial charge on any atom is 0.139 e. The topological polar surface area (TPSA) is 38.5 Å². The maximum absolute atomic E-state index is 6.01. The highest BCUT2D eigenvalue weighted by molar-refractivity contribution is 6.32. The summed E-state index contributed by atoms with van der Waals surface area (Å²) in [6.07, 6.45) is 3.70. The number of benzene rings is 1. The third-order valence-corrected chi connectivity index (χ3v) is 3.34. The molecular formula is C13H19ClN2O. The van der Waals surface area contributed by atoms with Crippen molar-refractivity contribution in [3.05, 3.63) is 23.2 Å². The fourth-order valence-corrected chi connectivity index (χ4v) is 2.28. The Morgan fingerprint density at radius 3 is 2.82 bits per heavy atom. The van der Waals surface area contributed by atoms with E-state index in [-0.39, 0.29) is 0 Å². The molecule has 0 amide bonds. The number of likely N-dealkylation sites (tertiary alicyclic amines) is 1. The first-order chi connectivity index (χ1) is 8.25. The molecule has 0 saturated carbocycles. The Balaban J connectivity index is 1.72. The van der Waals surface area contributed by atoms with Gasteiger partial charge < -0.3 is 15.4 Å². The highest BCUT2D eigenvalue weighted by atomic mass is 35.5. The van der Waals surface area contributed by atoms with Crippen LogP contribution in [0.3, 0.4) is 0 Å². The van der Waals surface area contributed by atoms with Crippen LogP contribution in [0.15, 0.2) is 18.2 Å². The molecule has 0 aliphatic carbocycles. The number of halogens is 1. The third-order valence-electron chi connectivity index (χ3n) is 3.03. The number of nitrogens with zero attached hydrogens (tertiary/aromatic N) is 1. The molecule has 0 bridgehead atoms. The molecule has 0 radical (unpaired) electrons. The molecule has 1 aromatic rings. The molecule has 4 heteroatoms. The van der Waals surface area contributed by atoms with Crippen LogP contribution in [0.1, 0.15) is 19.3 Å². The minimum absolute atomic E-state index is 0.625. The van der Waals surface area contributed by atoms with Gasteiger partial charge in [0.1, 0.15) is 5.75 Å². The number of rotatable bonds is 5. The van der Waals surface area contributed by atoms with Crippen molar-refractivity contribution in [2.24, 2.45) is 0 Å². The van der Waals surface area contributed by atoms with Crippen molar-refractivity contribution in [1.29, 1.82) is 0 Å². The molecular weight excluding hydrogens is 236 g/mol. The highest BCUT2D eigenvalue weighted by Gasteiger charge is 2.10. The Morgan fingerprint density at radius 2 is 2.06 bits per heavy atom. The Bertz CT molecular complexity index is 364. The van der Waals surface area contributed by atoms with Crippen molar-refractivity contribution in [2.75, 3.05) is 32.0 Å². The average molecular weight is 255 g/mol. The Hall–Kier alpha value is -0.930. The fourth-order valence-electron chi connectivity index (χ4n) is 2.11. The number of hydrogen-bond acceptors (Lipinski definition) is 3. The lowest BCUT2D eigenvalue weighted by atomic mass is 10.3. The van der Waals surface area contributed by atoms with Gasteiger partial charge in [-0.1, -0.05) is 11.6 Å². The van der Waals surface area contributed by atoms with E-state index in [1.165, 1.54) is 25.9 Å². The van der Waals surface area contributed by atoms with Crippen molar-refractivity contribution in [3.8, 4) is 5.75 Å². The molecule has 0 atom stereocenters. The summed E-state index contributed by atoms with van der Waals surface area (Å²) in [5.41, 5.74) is 6.37. The first-order valence-corrected chi connectivity index (χ1v) is 6.54. The Kier molecular flexibility index (Phi) is 4.51. The maximum atomic E-state index is 6.01. The summed E-state index contributed by atoms with van der Waals surface area (Å²) >= 11 is 6.01. The van der Waals surface area contributed by atoms with E-state index in [1.54, 1.807) is 18.2 Å². The van der Waals surface area contributed by atoms with Crippen LogP contribution in [0.25, 0.3) is 0 Å². The molecule has 0 aromatic heterocycles. The molecule has 3 nitrogen and oxygen atoms in total. The summed E-state index contributed by atoms with van der Waals surface area (Å²) in [6, 6.07) is 5.32. The number of ether oxygens (including phenoxy) is 1. The lowest BCUT2D eigenvalue weighted by Gasteiger charge is -2.14. The molecule has 1 aliphatic rings. The van der Waals surface area contributed by atoms with Crippen molar-refractivity contribution in [1.82, 2.24) is 4.90 Å². The van der Waals surface area contributed by atoms with Crippen LogP contribution in [-0.2, 0) is 0 Å². The van der Waals surface area contributed by atoms with Crippen LogP contribution in [0.2, 0.25) is 5.02 Å². The van der Waals surface area contributed by atoms with E-state index >= 15 is 0 Å². The summed E-state index contributed by atoms with van der Waals surface area (Å²) in [5.74, 6) is 0.688. The van der Waals surface area contributed by atoms with Gasteiger partial charge >= 0.3 is 0 Å². The summed E-state index contributed by atoms with van der Waals surface area (Å²) < 4.78 is 5.64. The summed E-state index contributed by atoms with van der Waals surface area (Å²) in [7, 11) is 0. The zero-order valence-corrected chi connectivity index (χ0v) is 10.7. The summed E-state index contributed by atoms with van der Waals surface area (Å²) in [4.78, 5) is 2.48. The number of anilines is 1. The predicted molar refractivity (Wildman–Crippen MR) is 71.7 cm³/mol. The summed E-state index contributed by atoms with van der Waals surface area (Å²) in [5, 5.41) is 0.625. The first-order valence-electron chi connectivity index (χ1n) is 6.16. The van der Waals surface area contributed by atoms with E-state index in [9.17, 15) is 0 Å². The summed E-state index contributed by atoms with van der Waals surface area (Å²) in [6.45, 7) is 4.28. The van der Waals surface area contributed by atoms with E-state index in [4.69, 9.17) is 22.1 Å². The molecule has 1 saturated heterocycles. The third kappa shape index (κ3) is 3.79. The van der Waals surface area contributed by atoms with Gasteiger partial charge in [-0.2, -0.15) is 0 Å². The quantitative estimate of drug-likeness (QED) is 0.649. The van der Waals surface area contributed by atoms with Crippen LogP contribution < -0.4 is 10.5 Å². The first kappa shape index (κ1) is 12.5. The van der Waals surface area contributed by atoms with Crippen molar-refractivity contribution >= 4 is 17.3 Å². The van der Waals surface area contributed by atoms with Crippen molar-refractivity contribution in [3.63, 3.8) is 0 Å². The van der Waals surface area contributed by atoms with Crippen LogP contribution in [0, 0.1) is 0 Å². The van der Waals surface area contributed by atoms with Crippen LogP contribution in [0.4, 0.5) is 5.69 Å². The van der Waals surface area contributed by atoms with Crippen molar-refractivity contribution < 1.29 is 4.74 Å². The Morgan fingerprint density at radius 1 is 1.29 bits per heavy atom. The lowest BCUT2D eigenvalue weighted by Crippen LogP contribution is -2.21. The van der Waals surface area contributed by atoms with Gasteiger partial charge in [0.05, 0.1) is 11.6 Å². The minimum Gasteiger partial charge on any atom is -0.492 e. The minimum atomic E-state index is 0.625. The van der Waals surface area contributed by atoms with E-state index in [0.29, 0.717) is 23.1 Å². The van der Waals surface area contributed by atoms with Gasteiger partial charge in [0.2, 0.25) is 0 Å². The molecule has 2 N–H and O–H groups in total. The molecule has 17 heavy (non-hydrogen) atoms. The number of nitrogen functional groups attached to an aromatic ring is 1. The molecule has 2 rings (SSSR count). The van der Waals surface area contributed by atoms with Gasteiger partial charge in [0, 0.05) is 18.3 Å². The second-order valence-corrected chi connectivity index (χ2v) is 4.85. The highest BCUT2D eigenvalue weighted by Crippen LogP contribution is 2.26. The van der Waals surface area contributed by atoms with Gasteiger partial charge in [-0.3, -0.25) is 0 Å². The van der Waals surface area contributed by atoms with Gasteiger partial charge in [-0.15, -0.1) is 0 Å². The number of hydrogen-bond donors (Lipinski definition) is 1. The van der Waals surface area contributed by atoms with Crippen LogP contribution in [-0.4, -0.2) is 31.1 Å². The van der Waals surface area contributed by atoms with E-state index < -0.39 is 0 Å². The molecule has 1 aliphatic heterocycles. The van der Waals surface area contributed by atoms with Gasteiger partial charge in [0.25, 0.3) is 0 Å². The molecule has 94 valence electrons. The zero-order chi connectivity index (χ0) is 12.1. The van der Waals surface area contributed by atoms with E-state index in [1.807, 2.05) is 0 Å². The van der Waals surface area contributed by atoms with Crippen LogP contribution >= 0.6 is 11.6 Å². The van der Waals surface area contributed by atoms with E-state index in [0.717, 1.165) is 13.0 Å². The van der Waals surface area contributed by atoms with Gasteiger partial charge in [-0.05, 0) is 44.5 Å². The smallest absolute Gasteiger partial charge is 0.139 e. The molecule has 0 unspecified atom stereocenters. The Labute approximate surface area is 107 Å². The lowest BCUT2D eigenvalue weighted by molar-refractivity contribution is 0.263. The average Bonchev–Trinajstić information content (AvgIpc) is 2.82. The van der Waals surface area contributed by atoms with E-state index in [2.05, 4.69) is 4.90 Å². The van der Waals surface area contributed by atoms with Crippen LogP contribution in [0.5, 0.6) is 5.75 Å². The largest absolute Gasteiger partial charge is 0.492 e. The molecule has 0 spiro atoms. The zero-order valence-electron chi connectivity index (χ0n) is 9.99. The SMILES string of the molecule is Nc1ccc(Cl)c(OCCCN2CCCC2)c1. The molecule has 1 fully saturated rings. The second kappa shape index (κ2) is 6.12. The molecule has 1 aromatic carbocycles. The molecule has 1 heterocycles. The monoisotopic (exact) mass is 254 g/mol. The normalized spacial score (nSPS) is 16.3. The second-order valence-electron chi connectivity index (χ2n) is 4.44. The number of nitrogens with two attached hydrogens (primary N) is 1.